The summed E-state index contributed by atoms with van der Waals surface area (Å²) in [5, 5.41) is 13.7. The molecule has 2 aromatic rings. The Morgan fingerprint density at radius 2 is 2.04 bits per heavy atom. The van der Waals surface area contributed by atoms with Gasteiger partial charge in [-0.1, -0.05) is 0 Å². The maximum Gasteiger partial charge on any atom is 0.331 e. The molecular formula is C17H18FN3O4. The number of methoxy groups -OCH3 is 1. The van der Waals surface area contributed by atoms with Crippen LogP contribution in [-0.4, -0.2) is 51.9 Å². The maximum absolute atomic E-state index is 13.8. The Morgan fingerprint density at radius 1 is 1.32 bits per heavy atom. The maximum atomic E-state index is 13.8. The highest BCUT2D eigenvalue weighted by molar-refractivity contribution is 5.94. The van der Waals surface area contributed by atoms with E-state index in [0.717, 1.165) is 6.07 Å². The van der Waals surface area contributed by atoms with E-state index in [2.05, 4.69) is 5.10 Å². The Balaban J connectivity index is 1.76. The van der Waals surface area contributed by atoms with Gasteiger partial charge in [-0.25, -0.2) is 9.18 Å². The standard InChI is InChI=1S/C17H18FN3O4/c1-25-14-4-3-12(11-13(14)18)15(22)20-9-5-17(6-10-20,16(23)24)21-8-2-7-19-21/h2-4,7-8,11H,5-6,9-10H2,1H3,(H,23,24). The first-order valence-corrected chi connectivity index (χ1v) is 7.84. The smallest absolute Gasteiger partial charge is 0.331 e. The van der Waals surface area contributed by atoms with Crippen LogP contribution in [0.25, 0.3) is 0 Å². The molecule has 0 spiro atoms. The SMILES string of the molecule is COc1ccc(C(=O)N2CCC(C(=O)O)(n3cccn3)CC2)cc1F. The number of rotatable bonds is 4. The predicted molar refractivity (Wildman–Crippen MR) is 85.9 cm³/mol. The Kier molecular flexibility index (Phi) is 4.43. The number of aromatic nitrogens is 2. The van der Waals surface area contributed by atoms with E-state index in [-0.39, 0.29) is 43.2 Å². The molecule has 3 rings (SSSR count). The van der Waals surface area contributed by atoms with E-state index < -0.39 is 17.3 Å². The van der Waals surface area contributed by atoms with Gasteiger partial charge in [0.05, 0.1) is 7.11 Å². The van der Waals surface area contributed by atoms with Gasteiger partial charge < -0.3 is 14.7 Å². The monoisotopic (exact) mass is 347 g/mol. The van der Waals surface area contributed by atoms with Crippen molar-refractivity contribution < 1.29 is 23.8 Å². The molecule has 0 radical (unpaired) electrons. The van der Waals surface area contributed by atoms with Crippen LogP contribution in [-0.2, 0) is 10.3 Å². The molecule has 1 aromatic carbocycles. The third-order valence-electron chi connectivity index (χ3n) is 4.62. The summed E-state index contributed by atoms with van der Waals surface area (Å²) in [5.41, 5.74) is -0.953. The number of piperidine rings is 1. The van der Waals surface area contributed by atoms with E-state index in [1.54, 1.807) is 12.3 Å². The Labute approximate surface area is 143 Å². The van der Waals surface area contributed by atoms with Gasteiger partial charge in [0.15, 0.2) is 17.1 Å². The van der Waals surface area contributed by atoms with Crippen LogP contribution in [0.5, 0.6) is 5.75 Å². The van der Waals surface area contributed by atoms with Crippen molar-refractivity contribution in [2.24, 2.45) is 0 Å². The first-order valence-electron chi connectivity index (χ1n) is 7.84. The molecule has 1 N–H and O–H groups in total. The molecule has 7 nitrogen and oxygen atoms in total. The van der Waals surface area contributed by atoms with Crippen molar-refractivity contribution in [3.63, 3.8) is 0 Å². The minimum Gasteiger partial charge on any atom is -0.494 e. The van der Waals surface area contributed by atoms with Crippen molar-refractivity contribution in [1.29, 1.82) is 0 Å². The van der Waals surface area contributed by atoms with E-state index in [1.165, 1.54) is 35.0 Å². The molecule has 2 heterocycles. The molecule has 25 heavy (non-hydrogen) atoms. The predicted octanol–water partition coefficient (Wildman–Crippen LogP) is 1.75. The number of benzene rings is 1. The van der Waals surface area contributed by atoms with Crippen LogP contribution in [0.15, 0.2) is 36.7 Å². The first-order chi connectivity index (χ1) is 12.0. The Morgan fingerprint density at radius 3 is 2.56 bits per heavy atom. The summed E-state index contributed by atoms with van der Waals surface area (Å²) in [6.45, 7) is 0.497. The minimum atomic E-state index is -1.16. The van der Waals surface area contributed by atoms with Crippen LogP contribution in [0.3, 0.4) is 0 Å². The molecule has 0 bridgehead atoms. The number of aliphatic carboxylic acids is 1. The molecule has 1 aliphatic rings. The summed E-state index contributed by atoms with van der Waals surface area (Å²) in [5.74, 6) is -1.85. The van der Waals surface area contributed by atoms with Gasteiger partial charge >= 0.3 is 5.97 Å². The fourth-order valence-corrected chi connectivity index (χ4v) is 3.12. The Bertz CT molecular complexity index is 783. The highest BCUT2D eigenvalue weighted by atomic mass is 19.1. The molecule has 0 atom stereocenters. The topological polar surface area (TPSA) is 84.7 Å². The van der Waals surface area contributed by atoms with E-state index in [0.29, 0.717) is 0 Å². The number of halogens is 1. The lowest BCUT2D eigenvalue weighted by Gasteiger charge is -2.39. The van der Waals surface area contributed by atoms with Crippen molar-refractivity contribution >= 4 is 11.9 Å². The molecular weight excluding hydrogens is 329 g/mol. The number of likely N-dealkylation sites (tertiary alicyclic amines) is 1. The number of hydrogen-bond donors (Lipinski definition) is 1. The molecule has 1 amide bonds. The summed E-state index contributed by atoms with van der Waals surface area (Å²) in [6, 6.07) is 5.70. The number of nitrogens with zero attached hydrogens (tertiary/aromatic N) is 3. The normalized spacial score (nSPS) is 16.5. The fourth-order valence-electron chi connectivity index (χ4n) is 3.12. The second-order valence-electron chi connectivity index (χ2n) is 5.93. The number of amides is 1. The summed E-state index contributed by atoms with van der Waals surface area (Å²) in [6.07, 6.45) is 3.61. The molecule has 0 saturated carbocycles. The zero-order chi connectivity index (χ0) is 18.0. The highest BCUT2D eigenvalue weighted by Crippen LogP contribution is 2.31. The van der Waals surface area contributed by atoms with Crippen molar-refractivity contribution in [2.75, 3.05) is 20.2 Å². The van der Waals surface area contributed by atoms with Gasteiger partial charge in [0.2, 0.25) is 0 Å². The largest absolute Gasteiger partial charge is 0.494 e. The van der Waals surface area contributed by atoms with Gasteiger partial charge in [-0.05, 0) is 24.3 Å². The van der Waals surface area contributed by atoms with E-state index >= 15 is 0 Å². The minimum absolute atomic E-state index is 0.0683. The summed E-state index contributed by atoms with van der Waals surface area (Å²) >= 11 is 0. The molecule has 1 aromatic heterocycles. The number of carboxylic acid groups (broad SMARTS) is 1. The van der Waals surface area contributed by atoms with Gasteiger partial charge in [0.25, 0.3) is 5.91 Å². The third kappa shape index (κ3) is 2.95. The Hall–Kier alpha value is -2.90. The molecule has 8 heteroatoms. The summed E-state index contributed by atoms with van der Waals surface area (Å²) < 4.78 is 20.1. The van der Waals surface area contributed by atoms with Gasteiger partial charge in [-0.15, -0.1) is 0 Å². The lowest BCUT2D eigenvalue weighted by Crippen LogP contribution is -2.52. The molecule has 1 aliphatic heterocycles. The fraction of sp³-hybridized carbons (Fsp3) is 0.353. The lowest BCUT2D eigenvalue weighted by atomic mass is 9.87. The van der Waals surface area contributed by atoms with Crippen molar-refractivity contribution in [2.45, 2.75) is 18.4 Å². The van der Waals surface area contributed by atoms with E-state index in [1.807, 2.05) is 0 Å². The quantitative estimate of drug-likeness (QED) is 0.911. The zero-order valence-electron chi connectivity index (χ0n) is 13.7. The third-order valence-corrected chi connectivity index (χ3v) is 4.62. The van der Waals surface area contributed by atoms with Crippen molar-refractivity contribution in [1.82, 2.24) is 14.7 Å². The molecule has 1 saturated heterocycles. The van der Waals surface area contributed by atoms with E-state index in [9.17, 15) is 19.1 Å². The summed E-state index contributed by atoms with van der Waals surface area (Å²) in [7, 11) is 1.35. The number of carboxylic acids is 1. The van der Waals surface area contributed by atoms with Crippen LogP contribution in [0.2, 0.25) is 0 Å². The number of carbonyl (C=O) groups excluding carboxylic acids is 1. The van der Waals surface area contributed by atoms with Gasteiger partial charge in [-0.3, -0.25) is 9.48 Å². The molecule has 132 valence electrons. The van der Waals surface area contributed by atoms with Crippen LogP contribution in [0.1, 0.15) is 23.2 Å². The van der Waals surface area contributed by atoms with Gasteiger partial charge in [-0.2, -0.15) is 5.10 Å². The lowest BCUT2D eigenvalue weighted by molar-refractivity contribution is -0.150. The van der Waals surface area contributed by atoms with Gasteiger partial charge in [0, 0.05) is 43.9 Å². The van der Waals surface area contributed by atoms with Crippen LogP contribution >= 0.6 is 0 Å². The number of carbonyl (C=O) groups is 2. The second-order valence-corrected chi connectivity index (χ2v) is 5.93. The van der Waals surface area contributed by atoms with Crippen molar-refractivity contribution in [3.8, 4) is 5.75 Å². The number of hydrogen-bond acceptors (Lipinski definition) is 4. The first kappa shape index (κ1) is 16.9. The average Bonchev–Trinajstić information content (AvgIpc) is 3.16. The number of ether oxygens (including phenoxy) is 1. The van der Waals surface area contributed by atoms with E-state index in [4.69, 9.17) is 4.74 Å². The molecule has 1 fully saturated rings. The summed E-state index contributed by atoms with van der Waals surface area (Å²) in [4.78, 5) is 25.9. The second kappa shape index (κ2) is 6.54. The zero-order valence-corrected chi connectivity index (χ0v) is 13.7. The average molecular weight is 347 g/mol. The van der Waals surface area contributed by atoms with Crippen molar-refractivity contribution in [3.05, 3.63) is 48.0 Å². The molecule has 0 aliphatic carbocycles. The van der Waals surface area contributed by atoms with Crippen LogP contribution < -0.4 is 4.74 Å². The van der Waals surface area contributed by atoms with Crippen LogP contribution in [0.4, 0.5) is 4.39 Å². The van der Waals surface area contributed by atoms with Crippen LogP contribution in [0, 0.1) is 5.82 Å². The van der Waals surface area contributed by atoms with Gasteiger partial charge in [0.1, 0.15) is 0 Å². The highest BCUT2D eigenvalue weighted by Gasteiger charge is 2.44. The molecule has 0 unspecified atom stereocenters.